The molecule has 0 fully saturated rings. The van der Waals surface area contributed by atoms with E-state index in [4.69, 9.17) is 4.74 Å². The Kier molecular flexibility index (Phi) is 3.51. The second-order valence-electron chi connectivity index (χ2n) is 4.44. The van der Waals surface area contributed by atoms with E-state index < -0.39 is 0 Å². The van der Waals surface area contributed by atoms with E-state index in [2.05, 4.69) is 0 Å². The molecule has 1 aromatic carbocycles. The smallest absolute Gasteiger partial charge is 0.186 e. The van der Waals surface area contributed by atoms with Crippen LogP contribution in [-0.2, 0) is 9.59 Å². The first-order chi connectivity index (χ1) is 9.02. The molecule has 1 aliphatic rings. The van der Waals surface area contributed by atoms with Crippen LogP contribution in [0.4, 0.5) is 5.69 Å². The number of benzene rings is 1. The van der Waals surface area contributed by atoms with E-state index in [0.29, 0.717) is 16.9 Å². The predicted octanol–water partition coefficient (Wildman–Crippen LogP) is 1.85. The Hall–Kier alpha value is -2.36. The molecule has 1 aromatic rings. The molecule has 0 unspecified atom stereocenters. The van der Waals surface area contributed by atoms with E-state index in [1.807, 2.05) is 31.1 Å². The molecule has 0 aromatic heterocycles. The zero-order valence-electron chi connectivity index (χ0n) is 11.1. The Morgan fingerprint density at radius 3 is 2.47 bits per heavy atom. The van der Waals surface area contributed by atoms with Crippen LogP contribution in [-0.4, -0.2) is 32.8 Å². The molecule has 0 heterocycles. The summed E-state index contributed by atoms with van der Waals surface area (Å²) in [6.45, 7) is 0. The summed E-state index contributed by atoms with van der Waals surface area (Å²) in [5, 5.41) is 0. The maximum absolute atomic E-state index is 11.9. The van der Waals surface area contributed by atoms with Crippen molar-refractivity contribution in [2.45, 2.75) is 0 Å². The van der Waals surface area contributed by atoms with Crippen LogP contribution in [0.25, 0.3) is 5.57 Å². The third kappa shape index (κ3) is 2.57. The Bertz CT molecular complexity index is 597. The first kappa shape index (κ1) is 13.1. The maximum Gasteiger partial charge on any atom is 0.186 e. The molecule has 0 spiro atoms. The quantitative estimate of drug-likeness (QED) is 0.775. The Balaban J connectivity index is 2.51. The van der Waals surface area contributed by atoms with Gasteiger partial charge >= 0.3 is 0 Å². The van der Waals surface area contributed by atoms with Crippen molar-refractivity contribution in [2.24, 2.45) is 0 Å². The summed E-state index contributed by atoms with van der Waals surface area (Å²) in [4.78, 5) is 25.2. The van der Waals surface area contributed by atoms with Gasteiger partial charge in [-0.15, -0.1) is 0 Å². The fourth-order valence-corrected chi connectivity index (χ4v) is 1.90. The number of carbonyl (C=O) groups excluding carboxylic acids is 2. The van der Waals surface area contributed by atoms with Crippen molar-refractivity contribution in [3.8, 4) is 5.75 Å². The van der Waals surface area contributed by atoms with Crippen molar-refractivity contribution in [1.29, 1.82) is 0 Å². The largest absolute Gasteiger partial charge is 0.496 e. The van der Waals surface area contributed by atoms with Gasteiger partial charge in [0.05, 0.1) is 7.11 Å². The number of allylic oxidation sites excluding steroid dienone is 4. The number of rotatable bonds is 3. The Morgan fingerprint density at radius 1 is 1.11 bits per heavy atom. The summed E-state index contributed by atoms with van der Waals surface area (Å²) < 4.78 is 5.32. The van der Waals surface area contributed by atoms with Crippen LogP contribution in [0, 0.1) is 0 Å². The zero-order chi connectivity index (χ0) is 14.0. The minimum absolute atomic E-state index is 0.185. The topological polar surface area (TPSA) is 46.6 Å². The van der Waals surface area contributed by atoms with Crippen LogP contribution < -0.4 is 9.64 Å². The lowest BCUT2D eigenvalue weighted by molar-refractivity contribution is -0.113. The molecule has 0 aliphatic heterocycles. The number of anilines is 1. The van der Waals surface area contributed by atoms with Gasteiger partial charge in [-0.2, -0.15) is 0 Å². The fraction of sp³-hybridized carbons (Fsp3) is 0.200. The number of methoxy groups -OCH3 is 1. The number of ether oxygens (including phenoxy) is 1. The standard InChI is InChI=1S/C15H15NO3/c1-16(2)10-4-6-12(15(8-10)19-3)13-9-11(17)5-7-14(13)18/h4-9H,1-3H3. The van der Waals surface area contributed by atoms with Crippen LogP contribution in [0.3, 0.4) is 0 Å². The Labute approximate surface area is 112 Å². The molecule has 0 saturated heterocycles. The molecular formula is C15H15NO3. The fourth-order valence-electron chi connectivity index (χ4n) is 1.90. The number of hydrogen-bond acceptors (Lipinski definition) is 4. The number of carbonyl (C=O) groups is 2. The second-order valence-corrected chi connectivity index (χ2v) is 4.44. The highest BCUT2D eigenvalue weighted by Crippen LogP contribution is 2.31. The average Bonchev–Trinajstić information content (AvgIpc) is 2.40. The number of nitrogens with zero attached hydrogens (tertiary/aromatic N) is 1. The van der Waals surface area contributed by atoms with Crippen molar-refractivity contribution in [3.63, 3.8) is 0 Å². The van der Waals surface area contributed by atoms with Gasteiger partial charge in [-0.1, -0.05) is 0 Å². The minimum Gasteiger partial charge on any atom is -0.496 e. The van der Waals surface area contributed by atoms with Gasteiger partial charge < -0.3 is 9.64 Å². The zero-order valence-corrected chi connectivity index (χ0v) is 11.1. The predicted molar refractivity (Wildman–Crippen MR) is 74.5 cm³/mol. The normalized spacial score (nSPS) is 14.4. The van der Waals surface area contributed by atoms with Gasteiger partial charge in [0.15, 0.2) is 11.6 Å². The first-order valence-electron chi connectivity index (χ1n) is 5.86. The Morgan fingerprint density at radius 2 is 1.84 bits per heavy atom. The SMILES string of the molecule is COc1cc(N(C)C)ccc1C1=CC(=O)C=CC1=O. The number of ketones is 2. The molecule has 1 aliphatic carbocycles. The molecule has 19 heavy (non-hydrogen) atoms. The summed E-state index contributed by atoms with van der Waals surface area (Å²) in [5.74, 6) is 0.206. The summed E-state index contributed by atoms with van der Waals surface area (Å²) in [5.41, 5.74) is 1.97. The van der Waals surface area contributed by atoms with E-state index in [0.717, 1.165) is 5.69 Å². The molecule has 0 atom stereocenters. The highest BCUT2D eigenvalue weighted by atomic mass is 16.5. The van der Waals surface area contributed by atoms with E-state index >= 15 is 0 Å². The van der Waals surface area contributed by atoms with Gasteiger partial charge in [0, 0.05) is 37.0 Å². The molecule has 0 bridgehead atoms. The lowest BCUT2D eigenvalue weighted by atomic mass is 9.95. The summed E-state index contributed by atoms with van der Waals surface area (Å²) in [7, 11) is 5.39. The molecular weight excluding hydrogens is 242 g/mol. The maximum atomic E-state index is 11.9. The van der Waals surface area contributed by atoms with Crippen LogP contribution in [0.2, 0.25) is 0 Å². The summed E-state index contributed by atoms with van der Waals surface area (Å²) >= 11 is 0. The van der Waals surface area contributed by atoms with Crippen LogP contribution >= 0.6 is 0 Å². The molecule has 4 heteroatoms. The molecule has 0 radical (unpaired) electrons. The van der Waals surface area contributed by atoms with Crippen molar-refractivity contribution >= 4 is 22.8 Å². The monoisotopic (exact) mass is 257 g/mol. The summed E-state index contributed by atoms with van der Waals surface area (Å²) in [6.07, 6.45) is 3.90. The van der Waals surface area contributed by atoms with Gasteiger partial charge in [0.1, 0.15) is 5.75 Å². The van der Waals surface area contributed by atoms with Gasteiger partial charge in [0.2, 0.25) is 0 Å². The molecule has 98 valence electrons. The molecule has 0 N–H and O–H groups in total. The van der Waals surface area contributed by atoms with Crippen LogP contribution in [0.5, 0.6) is 5.75 Å². The van der Waals surface area contributed by atoms with E-state index in [1.165, 1.54) is 18.2 Å². The van der Waals surface area contributed by atoms with Crippen molar-refractivity contribution < 1.29 is 14.3 Å². The van der Waals surface area contributed by atoms with E-state index in [9.17, 15) is 9.59 Å². The van der Waals surface area contributed by atoms with Gasteiger partial charge in [0.25, 0.3) is 0 Å². The third-order valence-electron chi connectivity index (χ3n) is 2.94. The molecule has 2 rings (SSSR count). The van der Waals surface area contributed by atoms with Crippen LogP contribution in [0.15, 0.2) is 36.4 Å². The lowest BCUT2D eigenvalue weighted by Gasteiger charge is -2.17. The van der Waals surface area contributed by atoms with Crippen molar-refractivity contribution in [2.75, 3.05) is 26.1 Å². The lowest BCUT2D eigenvalue weighted by Crippen LogP contribution is -2.11. The molecule has 4 nitrogen and oxygen atoms in total. The average molecular weight is 257 g/mol. The molecule has 0 amide bonds. The van der Waals surface area contributed by atoms with Crippen LogP contribution in [0.1, 0.15) is 5.56 Å². The van der Waals surface area contributed by atoms with Crippen molar-refractivity contribution in [3.05, 3.63) is 42.0 Å². The highest BCUT2D eigenvalue weighted by molar-refractivity contribution is 6.34. The molecule has 0 saturated carbocycles. The van der Waals surface area contributed by atoms with Gasteiger partial charge in [-0.3, -0.25) is 9.59 Å². The van der Waals surface area contributed by atoms with E-state index in [1.54, 1.807) is 13.2 Å². The second kappa shape index (κ2) is 5.10. The van der Waals surface area contributed by atoms with E-state index in [-0.39, 0.29) is 11.6 Å². The first-order valence-corrected chi connectivity index (χ1v) is 5.86. The van der Waals surface area contributed by atoms with Crippen molar-refractivity contribution in [1.82, 2.24) is 0 Å². The highest BCUT2D eigenvalue weighted by Gasteiger charge is 2.19. The number of hydrogen-bond donors (Lipinski definition) is 0. The summed E-state index contributed by atoms with van der Waals surface area (Å²) in [6, 6.07) is 5.52. The van der Waals surface area contributed by atoms with Gasteiger partial charge in [-0.25, -0.2) is 0 Å². The third-order valence-corrected chi connectivity index (χ3v) is 2.94. The van der Waals surface area contributed by atoms with Gasteiger partial charge in [-0.05, 0) is 30.4 Å². The minimum atomic E-state index is -0.187.